The molecule has 0 aromatic heterocycles. The van der Waals surface area contributed by atoms with E-state index in [0.29, 0.717) is 28.0 Å². The normalized spacial score (nSPS) is 21.1. The molecular formula is C15H22N2O3S. The molecule has 1 aromatic carbocycles. The fourth-order valence-corrected chi connectivity index (χ4v) is 3.44. The van der Waals surface area contributed by atoms with Crippen molar-refractivity contribution in [3.05, 3.63) is 17.7 Å². The number of thioether (sulfide) groups is 1. The highest BCUT2D eigenvalue weighted by Gasteiger charge is 2.26. The second-order valence-corrected chi connectivity index (χ2v) is 6.27. The van der Waals surface area contributed by atoms with Gasteiger partial charge in [0, 0.05) is 23.0 Å². The third-order valence-electron chi connectivity index (χ3n) is 3.85. The molecule has 1 amide bonds. The van der Waals surface area contributed by atoms with Gasteiger partial charge in [-0.1, -0.05) is 0 Å². The van der Waals surface area contributed by atoms with Crippen LogP contribution in [0.15, 0.2) is 12.1 Å². The van der Waals surface area contributed by atoms with Crippen LogP contribution in [0.25, 0.3) is 0 Å². The summed E-state index contributed by atoms with van der Waals surface area (Å²) in [5.74, 6) is 0.875. The number of anilines is 1. The van der Waals surface area contributed by atoms with Crippen LogP contribution in [0.1, 0.15) is 29.6 Å². The van der Waals surface area contributed by atoms with Crippen molar-refractivity contribution in [1.29, 1.82) is 0 Å². The maximum Gasteiger partial charge on any atom is 0.253 e. The molecule has 2 unspecified atom stereocenters. The number of hydrogen-bond donors (Lipinski definition) is 2. The molecule has 0 bridgehead atoms. The van der Waals surface area contributed by atoms with E-state index in [2.05, 4.69) is 11.6 Å². The molecule has 1 aromatic rings. The Hall–Kier alpha value is -1.56. The van der Waals surface area contributed by atoms with Gasteiger partial charge in [0.2, 0.25) is 0 Å². The molecule has 6 heteroatoms. The Morgan fingerprint density at radius 2 is 1.95 bits per heavy atom. The molecule has 5 nitrogen and oxygen atoms in total. The zero-order chi connectivity index (χ0) is 15.4. The number of benzene rings is 1. The van der Waals surface area contributed by atoms with Crippen molar-refractivity contribution in [3.8, 4) is 11.5 Å². The van der Waals surface area contributed by atoms with E-state index in [-0.39, 0.29) is 11.9 Å². The first-order valence-corrected chi connectivity index (χ1v) is 8.23. The minimum Gasteiger partial charge on any atom is -0.493 e. The van der Waals surface area contributed by atoms with Crippen molar-refractivity contribution in [3.63, 3.8) is 0 Å². The lowest BCUT2D eigenvalue weighted by atomic mass is 10.1. The number of methoxy groups -OCH3 is 2. The van der Waals surface area contributed by atoms with Gasteiger partial charge in [-0.2, -0.15) is 11.8 Å². The number of ether oxygens (including phenoxy) is 2. The van der Waals surface area contributed by atoms with Gasteiger partial charge in [-0.15, -0.1) is 0 Å². The SMILES string of the molecule is COc1cc(N)c(C(=O)NC2CCC(SC)C2)cc1OC. The van der Waals surface area contributed by atoms with Crippen LogP contribution in [-0.4, -0.2) is 37.7 Å². The standard InChI is InChI=1S/C15H22N2O3S/c1-19-13-7-11(12(16)8-14(13)20-2)15(18)17-9-4-5-10(6-9)21-3/h7-10H,4-6,16H2,1-3H3,(H,17,18). The Bertz CT molecular complexity index is 522. The molecule has 1 aliphatic carbocycles. The van der Waals surface area contributed by atoms with Crippen LogP contribution >= 0.6 is 11.8 Å². The van der Waals surface area contributed by atoms with Crippen LogP contribution in [0.4, 0.5) is 5.69 Å². The van der Waals surface area contributed by atoms with Gasteiger partial charge in [-0.25, -0.2) is 0 Å². The van der Waals surface area contributed by atoms with Crippen molar-refractivity contribution in [1.82, 2.24) is 5.32 Å². The first kappa shape index (κ1) is 15.8. The smallest absolute Gasteiger partial charge is 0.253 e. The van der Waals surface area contributed by atoms with Gasteiger partial charge in [-0.3, -0.25) is 4.79 Å². The van der Waals surface area contributed by atoms with Crippen molar-refractivity contribution >= 4 is 23.4 Å². The highest BCUT2D eigenvalue weighted by molar-refractivity contribution is 7.99. The summed E-state index contributed by atoms with van der Waals surface area (Å²) in [5.41, 5.74) is 6.77. The van der Waals surface area contributed by atoms with Gasteiger partial charge in [0.15, 0.2) is 11.5 Å². The molecule has 0 radical (unpaired) electrons. The summed E-state index contributed by atoms with van der Waals surface area (Å²) in [4.78, 5) is 12.4. The highest BCUT2D eigenvalue weighted by atomic mass is 32.2. The lowest BCUT2D eigenvalue weighted by Gasteiger charge is -2.16. The van der Waals surface area contributed by atoms with Crippen LogP contribution in [0.2, 0.25) is 0 Å². The van der Waals surface area contributed by atoms with Crippen molar-refractivity contribution in [2.45, 2.75) is 30.6 Å². The average Bonchev–Trinajstić information content (AvgIpc) is 2.94. The van der Waals surface area contributed by atoms with E-state index in [1.54, 1.807) is 12.1 Å². The summed E-state index contributed by atoms with van der Waals surface area (Å²) in [5, 5.41) is 3.70. The summed E-state index contributed by atoms with van der Waals surface area (Å²) in [6, 6.07) is 3.47. The van der Waals surface area contributed by atoms with Crippen LogP contribution in [0, 0.1) is 0 Å². The number of rotatable bonds is 5. The number of nitrogen functional groups attached to an aromatic ring is 1. The van der Waals surface area contributed by atoms with Gasteiger partial charge in [-0.05, 0) is 31.6 Å². The molecule has 0 saturated heterocycles. The molecule has 0 spiro atoms. The number of carbonyl (C=O) groups is 1. The van der Waals surface area contributed by atoms with E-state index in [0.717, 1.165) is 19.3 Å². The lowest BCUT2D eigenvalue weighted by Crippen LogP contribution is -2.33. The maximum atomic E-state index is 12.4. The minimum absolute atomic E-state index is 0.153. The van der Waals surface area contributed by atoms with E-state index >= 15 is 0 Å². The zero-order valence-corrected chi connectivity index (χ0v) is 13.5. The number of amides is 1. The van der Waals surface area contributed by atoms with E-state index in [4.69, 9.17) is 15.2 Å². The summed E-state index contributed by atoms with van der Waals surface area (Å²) >= 11 is 1.86. The third-order valence-corrected chi connectivity index (χ3v) is 4.95. The summed E-state index contributed by atoms with van der Waals surface area (Å²) in [6.07, 6.45) is 5.29. The van der Waals surface area contributed by atoms with Gasteiger partial charge in [0.25, 0.3) is 5.91 Å². The summed E-state index contributed by atoms with van der Waals surface area (Å²) in [6.45, 7) is 0. The average molecular weight is 310 g/mol. The fraction of sp³-hybridized carbons (Fsp3) is 0.533. The second kappa shape index (κ2) is 6.93. The van der Waals surface area contributed by atoms with Crippen molar-refractivity contribution < 1.29 is 14.3 Å². The number of nitrogens with two attached hydrogens (primary N) is 1. The largest absolute Gasteiger partial charge is 0.493 e. The molecule has 0 aliphatic heterocycles. The molecular weight excluding hydrogens is 288 g/mol. The maximum absolute atomic E-state index is 12.4. The topological polar surface area (TPSA) is 73.6 Å². The first-order valence-electron chi connectivity index (χ1n) is 6.94. The Balaban J connectivity index is 2.12. The van der Waals surface area contributed by atoms with Gasteiger partial charge in [0.1, 0.15) is 0 Å². The molecule has 3 N–H and O–H groups in total. The predicted octanol–water partition coefficient (Wildman–Crippen LogP) is 2.30. The van der Waals surface area contributed by atoms with E-state index < -0.39 is 0 Å². The van der Waals surface area contributed by atoms with Crippen LogP contribution in [-0.2, 0) is 0 Å². The fourth-order valence-electron chi connectivity index (χ4n) is 2.64. The number of carbonyl (C=O) groups excluding carboxylic acids is 1. The first-order chi connectivity index (χ1) is 10.1. The van der Waals surface area contributed by atoms with Crippen LogP contribution in [0.5, 0.6) is 11.5 Å². The molecule has 116 valence electrons. The molecule has 2 atom stereocenters. The zero-order valence-electron chi connectivity index (χ0n) is 12.6. The Kier molecular flexibility index (Phi) is 5.22. The van der Waals surface area contributed by atoms with Crippen molar-refractivity contribution in [2.24, 2.45) is 0 Å². The van der Waals surface area contributed by atoms with E-state index in [1.165, 1.54) is 14.2 Å². The highest BCUT2D eigenvalue weighted by Crippen LogP contribution is 2.33. The Labute approximate surface area is 129 Å². The lowest BCUT2D eigenvalue weighted by molar-refractivity contribution is 0.0938. The molecule has 1 saturated carbocycles. The Morgan fingerprint density at radius 1 is 1.29 bits per heavy atom. The quantitative estimate of drug-likeness (QED) is 0.816. The number of nitrogens with one attached hydrogen (secondary N) is 1. The second-order valence-electron chi connectivity index (χ2n) is 5.14. The molecule has 21 heavy (non-hydrogen) atoms. The van der Waals surface area contributed by atoms with E-state index in [9.17, 15) is 4.79 Å². The molecule has 1 aliphatic rings. The summed E-state index contributed by atoms with van der Waals surface area (Å²) < 4.78 is 10.4. The van der Waals surface area contributed by atoms with Crippen LogP contribution in [0.3, 0.4) is 0 Å². The Morgan fingerprint density at radius 3 is 2.52 bits per heavy atom. The minimum atomic E-state index is -0.153. The van der Waals surface area contributed by atoms with E-state index in [1.807, 2.05) is 11.8 Å². The third kappa shape index (κ3) is 3.56. The molecule has 0 heterocycles. The number of hydrogen-bond acceptors (Lipinski definition) is 5. The van der Waals surface area contributed by atoms with Gasteiger partial charge in [0.05, 0.1) is 19.8 Å². The van der Waals surface area contributed by atoms with Gasteiger partial charge >= 0.3 is 0 Å². The molecule has 1 fully saturated rings. The van der Waals surface area contributed by atoms with Gasteiger partial charge < -0.3 is 20.5 Å². The summed E-state index contributed by atoms with van der Waals surface area (Å²) in [7, 11) is 3.08. The van der Waals surface area contributed by atoms with Crippen molar-refractivity contribution in [2.75, 3.05) is 26.2 Å². The predicted molar refractivity (Wildman–Crippen MR) is 86.4 cm³/mol. The molecule has 2 rings (SSSR count). The van der Waals surface area contributed by atoms with Crippen LogP contribution < -0.4 is 20.5 Å². The monoisotopic (exact) mass is 310 g/mol.